The normalized spacial score (nSPS) is 35.9. The lowest BCUT2D eigenvalue weighted by Gasteiger charge is -2.34. The summed E-state index contributed by atoms with van der Waals surface area (Å²) in [5.74, 6) is 0.249. The summed E-state index contributed by atoms with van der Waals surface area (Å²) >= 11 is 0. The fourth-order valence-electron chi connectivity index (χ4n) is 2.29. The van der Waals surface area contributed by atoms with Crippen molar-refractivity contribution >= 4 is 5.91 Å². The van der Waals surface area contributed by atoms with Gasteiger partial charge in [-0.1, -0.05) is 0 Å². The van der Waals surface area contributed by atoms with E-state index in [0.29, 0.717) is 12.1 Å². The second-order valence-corrected chi connectivity index (χ2v) is 3.47. The highest BCUT2D eigenvalue weighted by Gasteiger charge is 2.37. The molecule has 2 bridgehead atoms. The van der Waals surface area contributed by atoms with Crippen molar-refractivity contribution in [1.82, 2.24) is 10.2 Å². The molecule has 0 saturated carbocycles. The van der Waals surface area contributed by atoms with Crippen LogP contribution in [0.25, 0.3) is 0 Å². The molecule has 2 rings (SSSR count). The number of piperazine rings is 1. The number of rotatable bonds is 0. The van der Waals surface area contributed by atoms with Crippen LogP contribution in [0.5, 0.6) is 0 Å². The van der Waals surface area contributed by atoms with Crippen molar-refractivity contribution in [1.29, 1.82) is 0 Å². The molecule has 0 spiro atoms. The van der Waals surface area contributed by atoms with Gasteiger partial charge in [0, 0.05) is 32.1 Å². The number of carbonyl (C=O) groups is 1. The van der Waals surface area contributed by atoms with Crippen LogP contribution in [-0.4, -0.2) is 36.0 Å². The Bertz CT molecular complexity index is 165. The third-order valence-electron chi connectivity index (χ3n) is 2.74. The maximum atomic E-state index is 11.2. The van der Waals surface area contributed by atoms with Crippen molar-refractivity contribution < 1.29 is 4.79 Å². The van der Waals surface area contributed by atoms with Crippen molar-refractivity contribution in [3.63, 3.8) is 0 Å². The molecule has 2 atom stereocenters. The highest BCUT2D eigenvalue weighted by molar-refractivity contribution is 5.74. The summed E-state index contributed by atoms with van der Waals surface area (Å²) in [6, 6.07) is 0.984. The first-order chi connectivity index (χ1) is 5.29. The molecule has 0 aromatic carbocycles. The molecule has 2 heterocycles. The Morgan fingerprint density at radius 1 is 1.36 bits per heavy atom. The van der Waals surface area contributed by atoms with Crippen molar-refractivity contribution in [2.75, 3.05) is 13.1 Å². The van der Waals surface area contributed by atoms with Gasteiger partial charge in [0.25, 0.3) is 0 Å². The molecule has 1 N–H and O–H groups in total. The molecule has 0 unspecified atom stereocenters. The SMILES string of the molecule is CC(=O)N1[C@@H]2CC[C@H]1CNC2. The average Bonchev–Trinajstić information content (AvgIpc) is 2.23. The van der Waals surface area contributed by atoms with Crippen LogP contribution in [0.1, 0.15) is 19.8 Å². The van der Waals surface area contributed by atoms with E-state index in [1.807, 2.05) is 0 Å². The summed E-state index contributed by atoms with van der Waals surface area (Å²) in [5.41, 5.74) is 0. The van der Waals surface area contributed by atoms with E-state index >= 15 is 0 Å². The van der Waals surface area contributed by atoms with E-state index in [1.54, 1.807) is 6.92 Å². The van der Waals surface area contributed by atoms with Crippen molar-refractivity contribution in [3.05, 3.63) is 0 Å². The molecule has 2 aliphatic heterocycles. The fraction of sp³-hybridized carbons (Fsp3) is 0.875. The molecule has 11 heavy (non-hydrogen) atoms. The largest absolute Gasteiger partial charge is 0.334 e. The highest BCUT2D eigenvalue weighted by Crippen LogP contribution is 2.26. The van der Waals surface area contributed by atoms with Crippen molar-refractivity contribution in [2.24, 2.45) is 0 Å². The lowest BCUT2D eigenvalue weighted by atomic mass is 10.2. The predicted molar refractivity (Wildman–Crippen MR) is 42.2 cm³/mol. The summed E-state index contributed by atoms with van der Waals surface area (Å²) < 4.78 is 0. The molecule has 1 amide bonds. The van der Waals surface area contributed by atoms with Crippen LogP contribution >= 0.6 is 0 Å². The first kappa shape index (κ1) is 7.10. The van der Waals surface area contributed by atoms with Gasteiger partial charge in [-0.05, 0) is 12.8 Å². The van der Waals surface area contributed by atoms with Gasteiger partial charge in [-0.2, -0.15) is 0 Å². The number of nitrogens with zero attached hydrogens (tertiary/aromatic N) is 1. The number of fused-ring (bicyclic) bond motifs is 2. The molecule has 3 nitrogen and oxygen atoms in total. The van der Waals surface area contributed by atoms with E-state index in [-0.39, 0.29) is 5.91 Å². The summed E-state index contributed by atoms with van der Waals surface area (Å²) in [6.45, 7) is 3.67. The molecule has 2 aliphatic rings. The minimum atomic E-state index is 0.249. The van der Waals surface area contributed by atoms with Gasteiger partial charge >= 0.3 is 0 Å². The Labute approximate surface area is 66.8 Å². The zero-order valence-electron chi connectivity index (χ0n) is 6.84. The van der Waals surface area contributed by atoms with Crippen molar-refractivity contribution in [3.8, 4) is 0 Å². The summed E-state index contributed by atoms with van der Waals surface area (Å²) in [6.07, 6.45) is 2.38. The zero-order valence-corrected chi connectivity index (χ0v) is 6.84. The van der Waals surface area contributed by atoms with E-state index in [1.165, 1.54) is 12.8 Å². The minimum absolute atomic E-state index is 0.249. The molecule has 2 saturated heterocycles. The number of hydrogen-bond donors (Lipinski definition) is 1. The highest BCUT2D eigenvalue weighted by atomic mass is 16.2. The summed E-state index contributed by atoms with van der Waals surface area (Å²) in [7, 11) is 0. The Morgan fingerprint density at radius 3 is 2.27 bits per heavy atom. The van der Waals surface area contributed by atoms with Gasteiger partial charge in [-0.25, -0.2) is 0 Å². The number of carbonyl (C=O) groups excluding carboxylic acids is 1. The van der Waals surface area contributed by atoms with Gasteiger partial charge < -0.3 is 10.2 Å². The van der Waals surface area contributed by atoms with Crippen LogP contribution in [0.4, 0.5) is 0 Å². The molecule has 2 fully saturated rings. The molecule has 0 aromatic heterocycles. The van der Waals surface area contributed by atoms with Crippen LogP contribution < -0.4 is 5.32 Å². The second-order valence-electron chi connectivity index (χ2n) is 3.47. The Balaban J connectivity index is 2.15. The lowest BCUT2D eigenvalue weighted by molar-refractivity contribution is -0.132. The Kier molecular flexibility index (Phi) is 1.60. The molecule has 0 aromatic rings. The number of hydrogen-bond acceptors (Lipinski definition) is 2. The Morgan fingerprint density at radius 2 is 1.91 bits per heavy atom. The van der Waals surface area contributed by atoms with E-state index in [0.717, 1.165) is 13.1 Å². The monoisotopic (exact) mass is 154 g/mol. The number of amides is 1. The van der Waals surface area contributed by atoms with E-state index in [9.17, 15) is 4.79 Å². The molecule has 0 radical (unpaired) electrons. The maximum absolute atomic E-state index is 11.2. The van der Waals surface area contributed by atoms with Crippen LogP contribution in [0.3, 0.4) is 0 Å². The number of nitrogens with one attached hydrogen (secondary N) is 1. The Hall–Kier alpha value is -0.570. The molecular formula is C8H14N2O. The molecule has 3 heteroatoms. The zero-order chi connectivity index (χ0) is 7.84. The molecule has 62 valence electrons. The van der Waals surface area contributed by atoms with Crippen LogP contribution in [0, 0.1) is 0 Å². The fourth-order valence-corrected chi connectivity index (χ4v) is 2.29. The standard InChI is InChI=1S/C8H14N2O/c1-6(11)10-7-2-3-8(10)5-9-4-7/h7-9H,2-5H2,1H3/t7-,8+. The smallest absolute Gasteiger partial charge is 0.220 e. The average molecular weight is 154 g/mol. The third kappa shape index (κ3) is 1.03. The topological polar surface area (TPSA) is 32.3 Å². The van der Waals surface area contributed by atoms with Crippen LogP contribution in [-0.2, 0) is 4.79 Å². The summed E-state index contributed by atoms with van der Waals surface area (Å²) in [4.78, 5) is 13.2. The van der Waals surface area contributed by atoms with E-state index < -0.39 is 0 Å². The first-order valence-corrected chi connectivity index (χ1v) is 4.28. The van der Waals surface area contributed by atoms with Crippen LogP contribution in [0.2, 0.25) is 0 Å². The van der Waals surface area contributed by atoms with Crippen LogP contribution in [0.15, 0.2) is 0 Å². The third-order valence-corrected chi connectivity index (χ3v) is 2.74. The molecule has 0 aliphatic carbocycles. The van der Waals surface area contributed by atoms with Gasteiger partial charge in [-0.3, -0.25) is 4.79 Å². The van der Waals surface area contributed by atoms with Crippen molar-refractivity contribution in [2.45, 2.75) is 31.8 Å². The lowest BCUT2D eigenvalue weighted by Crippen LogP contribution is -2.53. The van der Waals surface area contributed by atoms with Gasteiger partial charge in [0.2, 0.25) is 5.91 Å². The quantitative estimate of drug-likeness (QED) is 0.531. The second kappa shape index (κ2) is 2.48. The molecular weight excluding hydrogens is 140 g/mol. The maximum Gasteiger partial charge on any atom is 0.220 e. The summed E-state index contributed by atoms with van der Waals surface area (Å²) in [5, 5.41) is 3.34. The van der Waals surface area contributed by atoms with Gasteiger partial charge in [0.05, 0.1) is 0 Å². The van der Waals surface area contributed by atoms with Gasteiger partial charge in [0.1, 0.15) is 0 Å². The van der Waals surface area contributed by atoms with E-state index in [2.05, 4.69) is 10.2 Å². The first-order valence-electron chi connectivity index (χ1n) is 4.28. The minimum Gasteiger partial charge on any atom is -0.334 e. The van der Waals surface area contributed by atoms with Gasteiger partial charge in [0.15, 0.2) is 0 Å². The van der Waals surface area contributed by atoms with Gasteiger partial charge in [-0.15, -0.1) is 0 Å². The van der Waals surface area contributed by atoms with E-state index in [4.69, 9.17) is 0 Å². The predicted octanol–water partition coefficient (Wildman–Crippen LogP) is -0.0309.